The number of anilines is 1. The van der Waals surface area contributed by atoms with E-state index in [1.807, 2.05) is 0 Å². The van der Waals surface area contributed by atoms with Crippen molar-refractivity contribution in [2.45, 2.75) is 91.8 Å². The first-order chi connectivity index (χ1) is 21.3. The lowest BCUT2D eigenvalue weighted by molar-refractivity contribution is -0.139. The number of amides is 7. The predicted octanol–water partition coefficient (Wildman–Crippen LogP) is 1.96. The standard InChI is InChI=1S/C30H44N6O8.CH4/c1-19(2)26(35-24(38)9-5-4-6-15-36-25(39)16-20(3)29(36)42)28(41)34-23(8-7-14-32-30(31)43)27(40)33-22-12-10-21(11-13-22)17-44-18-37;/h10-13,18-20,23,26H,4-9,14-17H2,1-3H3,(H,33,40)(H,34,41)(H,35,38)(H3,31,32,43);1H4/t20?,23-,26-;/m0./s1/i18D;. The van der Waals surface area contributed by atoms with E-state index in [1.54, 1.807) is 45.0 Å². The second kappa shape index (κ2) is 19.7. The van der Waals surface area contributed by atoms with Crippen molar-refractivity contribution in [1.29, 1.82) is 0 Å². The van der Waals surface area contributed by atoms with Gasteiger partial charge >= 0.3 is 6.03 Å². The van der Waals surface area contributed by atoms with E-state index >= 15 is 0 Å². The second-order valence-corrected chi connectivity index (χ2v) is 11.1. The van der Waals surface area contributed by atoms with Gasteiger partial charge in [-0.15, -0.1) is 0 Å². The molecule has 2 rings (SSSR count). The van der Waals surface area contributed by atoms with Gasteiger partial charge in [-0.3, -0.25) is 33.7 Å². The summed E-state index contributed by atoms with van der Waals surface area (Å²) >= 11 is 0. The van der Waals surface area contributed by atoms with Crippen LogP contribution in [0.4, 0.5) is 10.5 Å². The summed E-state index contributed by atoms with van der Waals surface area (Å²) in [4.78, 5) is 86.1. The zero-order valence-electron chi connectivity index (χ0n) is 26.5. The number of nitrogens with two attached hydrogens (primary N) is 1. The normalized spacial score (nSPS) is 15.8. The first-order valence-electron chi connectivity index (χ1n) is 15.3. The van der Waals surface area contributed by atoms with Crippen LogP contribution >= 0.6 is 0 Å². The molecular weight excluding hydrogens is 584 g/mol. The van der Waals surface area contributed by atoms with Crippen molar-refractivity contribution in [3.63, 3.8) is 0 Å². The van der Waals surface area contributed by atoms with Crippen LogP contribution in [0.5, 0.6) is 0 Å². The number of likely N-dealkylation sites (tertiary alicyclic amines) is 1. The van der Waals surface area contributed by atoms with Crippen LogP contribution in [0.15, 0.2) is 24.3 Å². The molecule has 1 aromatic rings. The lowest BCUT2D eigenvalue weighted by Gasteiger charge is -2.25. The number of imide groups is 1. The van der Waals surface area contributed by atoms with Crippen LogP contribution in [-0.2, 0) is 40.1 Å². The van der Waals surface area contributed by atoms with Crippen LogP contribution in [0.2, 0.25) is 0 Å². The minimum Gasteiger partial charge on any atom is -0.463 e. The summed E-state index contributed by atoms with van der Waals surface area (Å²) in [5, 5.41) is 10.6. The number of nitrogens with zero attached hydrogens (tertiary/aromatic N) is 1. The first kappa shape index (κ1) is 36.7. The van der Waals surface area contributed by atoms with Crippen molar-refractivity contribution in [3.05, 3.63) is 29.8 Å². The van der Waals surface area contributed by atoms with Gasteiger partial charge in [0.2, 0.25) is 29.5 Å². The Kier molecular flexibility index (Phi) is 16.1. The van der Waals surface area contributed by atoms with Crippen molar-refractivity contribution in [2.75, 3.05) is 18.4 Å². The Hall–Kier alpha value is -4.49. The van der Waals surface area contributed by atoms with E-state index in [1.165, 1.54) is 4.90 Å². The third kappa shape index (κ3) is 13.4. The van der Waals surface area contributed by atoms with Gasteiger partial charge in [0.15, 0.2) is 1.37 Å². The number of hydrogen-bond acceptors (Lipinski definition) is 8. The molecule has 1 aliphatic rings. The molecule has 1 fully saturated rings. The van der Waals surface area contributed by atoms with E-state index in [0.717, 1.165) is 0 Å². The molecule has 0 aliphatic carbocycles. The molecule has 0 spiro atoms. The second-order valence-electron chi connectivity index (χ2n) is 11.1. The highest BCUT2D eigenvalue weighted by atomic mass is 16.5. The number of primary amides is 1. The minimum atomic E-state index is -1.16. The van der Waals surface area contributed by atoms with Crippen molar-refractivity contribution in [1.82, 2.24) is 20.9 Å². The Morgan fingerprint density at radius 1 is 1.07 bits per heavy atom. The molecule has 1 heterocycles. The predicted molar refractivity (Wildman–Crippen MR) is 167 cm³/mol. The lowest BCUT2D eigenvalue weighted by atomic mass is 10.0. The molecule has 0 aromatic heterocycles. The summed E-state index contributed by atoms with van der Waals surface area (Å²) in [6.45, 7) is 5.67. The van der Waals surface area contributed by atoms with E-state index in [9.17, 15) is 33.6 Å². The molecule has 14 nitrogen and oxygen atoms in total. The molecular formula is C31H48N6O8. The topological polar surface area (TPSA) is 206 Å². The Morgan fingerprint density at radius 2 is 1.76 bits per heavy atom. The monoisotopic (exact) mass is 633 g/mol. The van der Waals surface area contributed by atoms with Crippen LogP contribution in [0.3, 0.4) is 0 Å². The number of rotatable bonds is 18. The van der Waals surface area contributed by atoms with Crippen molar-refractivity contribution in [2.24, 2.45) is 17.6 Å². The highest BCUT2D eigenvalue weighted by molar-refractivity contribution is 6.03. The summed E-state index contributed by atoms with van der Waals surface area (Å²) in [7, 11) is 0. The molecule has 1 unspecified atom stereocenters. The first-order valence-corrected chi connectivity index (χ1v) is 14.8. The summed E-state index contributed by atoms with van der Waals surface area (Å²) in [6, 6.07) is 3.74. The molecule has 250 valence electrons. The number of ether oxygens (including phenoxy) is 1. The average Bonchev–Trinajstić information content (AvgIpc) is 3.21. The maximum absolute atomic E-state index is 13.3. The van der Waals surface area contributed by atoms with E-state index in [-0.39, 0.29) is 69.4 Å². The number of nitrogens with one attached hydrogen (secondary N) is 4. The fourth-order valence-electron chi connectivity index (χ4n) is 4.67. The summed E-state index contributed by atoms with van der Waals surface area (Å²) < 4.78 is 11.4. The van der Waals surface area contributed by atoms with E-state index in [4.69, 9.17) is 7.10 Å². The van der Waals surface area contributed by atoms with Crippen LogP contribution in [0.25, 0.3) is 0 Å². The molecule has 3 atom stereocenters. The third-order valence-corrected chi connectivity index (χ3v) is 7.14. The van der Waals surface area contributed by atoms with Gasteiger partial charge in [-0.2, -0.15) is 0 Å². The summed E-state index contributed by atoms with van der Waals surface area (Å²) in [6.07, 6.45) is 1.41. The van der Waals surface area contributed by atoms with Crippen molar-refractivity contribution in [3.8, 4) is 0 Å². The number of carbonyl (C=O) groups is 7. The van der Waals surface area contributed by atoms with Gasteiger partial charge in [0, 0.05) is 37.5 Å². The molecule has 6 N–H and O–H groups in total. The maximum Gasteiger partial charge on any atom is 0.312 e. The fourth-order valence-corrected chi connectivity index (χ4v) is 4.67. The Bertz CT molecular complexity index is 1230. The largest absolute Gasteiger partial charge is 0.463 e. The molecule has 0 saturated carbocycles. The summed E-state index contributed by atoms with van der Waals surface area (Å²) in [5.74, 6) is -2.33. The van der Waals surface area contributed by atoms with Gasteiger partial charge in [0.05, 0.1) is 0 Å². The molecule has 1 saturated heterocycles. The SMILES string of the molecule is C.[2H]C(=O)OCc1ccc(NC(=O)[C@H](CCCNC(N)=O)NC(=O)[C@@H](NC(=O)CCCCCN2C(=O)CC(C)C2=O)C(C)C)cc1. The van der Waals surface area contributed by atoms with E-state index in [0.29, 0.717) is 43.5 Å². The maximum atomic E-state index is 13.3. The highest BCUT2D eigenvalue weighted by Crippen LogP contribution is 2.19. The molecule has 1 aliphatic heterocycles. The number of unbranched alkanes of at least 4 members (excludes halogenated alkanes) is 2. The fraction of sp³-hybridized carbons (Fsp3) is 0.581. The van der Waals surface area contributed by atoms with E-state index < -0.39 is 36.4 Å². The molecule has 1 aromatic carbocycles. The molecule has 7 amide bonds. The lowest BCUT2D eigenvalue weighted by Crippen LogP contribution is -2.54. The Labute approximate surface area is 266 Å². The Balaban J connectivity index is 0.0000106. The number of carbonyl (C=O) groups excluding carboxylic acids is 7. The van der Waals surface area contributed by atoms with Crippen LogP contribution in [-0.4, -0.2) is 72.1 Å². The zero-order valence-corrected chi connectivity index (χ0v) is 25.5. The van der Waals surface area contributed by atoms with Crippen LogP contribution in [0, 0.1) is 11.8 Å². The van der Waals surface area contributed by atoms with E-state index in [2.05, 4.69) is 26.0 Å². The van der Waals surface area contributed by atoms with Gasteiger partial charge in [-0.1, -0.05) is 46.8 Å². The van der Waals surface area contributed by atoms with Gasteiger partial charge in [-0.25, -0.2) is 4.79 Å². The molecule has 0 bridgehead atoms. The molecule has 0 radical (unpaired) electrons. The number of benzene rings is 1. The zero-order chi connectivity index (χ0) is 33.5. The van der Waals surface area contributed by atoms with Gasteiger partial charge < -0.3 is 31.7 Å². The van der Waals surface area contributed by atoms with Gasteiger partial charge in [0.1, 0.15) is 18.7 Å². The van der Waals surface area contributed by atoms with Crippen LogP contribution < -0.4 is 27.0 Å². The average molecular weight is 634 g/mol. The summed E-state index contributed by atoms with van der Waals surface area (Å²) in [5.41, 5.74) is 6.13. The van der Waals surface area contributed by atoms with Crippen LogP contribution in [0.1, 0.15) is 80.1 Å². The molecule has 14 heteroatoms. The quantitative estimate of drug-likeness (QED) is 0.0915. The van der Waals surface area contributed by atoms with Gasteiger partial charge in [0.25, 0.3) is 6.45 Å². The Morgan fingerprint density at radius 3 is 2.33 bits per heavy atom. The van der Waals surface area contributed by atoms with Crippen molar-refractivity contribution >= 4 is 47.7 Å². The van der Waals surface area contributed by atoms with Crippen molar-refractivity contribution < 1.29 is 39.7 Å². The smallest absolute Gasteiger partial charge is 0.312 e. The third-order valence-electron chi connectivity index (χ3n) is 7.14. The number of hydrogen-bond donors (Lipinski definition) is 5. The highest BCUT2D eigenvalue weighted by Gasteiger charge is 2.35. The minimum absolute atomic E-state index is 0. The van der Waals surface area contributed by atoms with Gasteiger partial charge in [-0.05, 0) is 49.3 Å². The number of urea groups is 1. The molecule has 45 heavy (non-hydrogen) atoms.